The van der Waals surface area contributed by atoms with Crippen LogP contribution in [0, 0.1) is 6.92 Å². The van der Waals surface area contributed by atoms with Crippen LogP contribution in [0.5, 0.6) is 0 Å². The highest BCUT2D eigenvalue weighted by Gasteiger charge is 2.31. The Kier molecular flexibility index (Phi) is 5.56. The molecule has 0 saturated carbocycles. The number of amides is 2. The van der Waals surface area contributed by atoms with Crippen LogP contribution in [0.2, 0.25) is 0 Å². The minimum atomic E-state index is -0.0135. The van der Waals surface area contributed by atoms with Crippen LogP contribution in [0.3, 0.4) is 0 Å². The summed E-state index contributed by atoms with van der Waals surface area (Å²) < 4.78 is 0. The summed E-state index contributed by atoms with van der Waals surface area (Å²) in [4.78, 5) is 31.3. The van der Waals surface area contributed by atoms with E-state index in [0.29, 0.717) is 13.1 Å². The van der Waals surface area contributed by atoms with Gasteiger partial charge >= 0.3 is 0 Å². The number of hydrogen-bond donors (Lipinski definition) is 1. The van der Waals surface area contributed by atoms with Gasteiger partial charge in [-0.25, -0.2) is 0 Å². The van der Waals surface area contributed by atoms with Crippen molar-refractivity contribution in [3.63, 3.8) is 0 Å². The van der Waals surface area contributed by atoms with Crippen molar-refractivity contribution in [3.05, 3.63) is 21.4 Å². The van der Waals surface area contributed by atoms with Gasteiger partial charge in [-0.05, 0) is 44.2 Å². The highest BCUT2D eigenvalue weighted by Crippen LogP contribution is 2.24. The second kappa shape index (κ2) is 7.66. The molecular formula is C18H27N3O2S. The molecule has 1 atom stereocenters. The van der Waals surface area contributed by atoms with E-state index in [1.807, 2.05) is 11.0 Å². The fraction of sp³-hybridized carbons (Fsp3) is 0.667. The highest BCUT2D eigenvalue weighted by molar-refractivity contribution is 7.14. The van der Waals surface area contributed by atoms with Gasteiger partial charge < -0.3 is 10.2 Å². The van der Waals surface area contributed by atoms with E-state index in [0.717, 1.165) is 50.2 Å². The van der Waals surface area contributed by atoms with Gasteiger partial charge in [0, 0.05) is 37.6 Å². The van der Waals surface area contributed by atoms with Gasteiger partial charge in [0.15, 0.2) is 0 Å². The Morgan fingerprint density at radius 3 is 2.71 bits per heavy atom. The molecule has 1 unspecified atom stereocenters. The first-order valence-electron chi connectivity index (χ1n) is 9.00. The van der Waals surface area contributed by atoms with Gasteiger partial charge in [0.05, 0.1) is 10.9 Å². The molecule has 3 rings (SSSR count). The average Bonchev–Trinajstić information content (AvgIpc) is 2.84. The van der Waals surface area contributed by atoms with E-state index in [2.05, 4.69) is 24.1 Å². The Balaban J connectivity index is 1.59. The Hall–Kier alpha value is -1.40. The lowest BCUT2D eigenvalue weighted by Gasteiger charge is -2.38. The van der Waals surface area contributed by atoms with E-state index >= 15 is 0 Å². The van der Waals surface area contributed by atoms with E-state index in [1.54, 1.807) is 11.3 Å². The first kappa shape index (κ1) is 17.4. The molecule has 5 nitrogen and oxygen atoms in total. The minimum Gasteiger partial charge on any atom is -0.355 e. The van der Waals surface area contributed by atoms with E-state index in [4.69, 9.17) is 0 Å². The number of nitrogens with zero attached hydrogens (tertiary/aromatic N) is 2. The summed E-state index contributed by atoms with van der Waals surface area (Å²) in [6.07, 6.45) is 4.08. The van der Waals surface area contributed by atoms with Crippen molar-refractivity contribution < 1.29 is 9.59 Å². The molecule has 132 valence electrons. The van der Waals surface area contributed by atoms with E-state index in [-0.39, 0.29) is 17.9 Å². The van der Waals surface area contributed by atoms with E-state index in [9.17, 15) is 9.59 Å². The zero-order valence-corrected chi connectivity index (χ0v) is 15.5. The molecule has 24 heavy (non-hydrogen) atoms. The molecule has 2 aliphatic rings. The third kappa shape index (κ3) is 3.64. The maximum absolute atomic E-state index is 12.7. The summed E-state index contributed by atoms with van der Waals surface area (Å²) in [5.74, 6) is 0.307. The zero-order chi connectivity index (χ0) is 17.1. The Bertz CT molecular complexity index is 605. The van der Waals surface area contributed by atoms with Gasteiger partial charge in [-0.1, -0.05) is 6.92 Å². The van der Waals surface area contributed by atoms with Gasteiger partial charge in [0.1, 0.15) is 0 Å². The molecule has 2 fully saturated rings. The summed E-state index contributed by atoms with van der Waals surface area (Å²) in [7, 11) is 0. The molecule has 0 bridgehead atoms. The number of carbonyl (C=O) groups excluding carboxylic acids is 2. The standard InChI is InChI=1S/C18H27N3O2S/c1-3-15-13(2)12-16(24-15)18(23)21-10-8-20(9-11-21)14-6-4-5-7-19-17(14)22/h12,14H,3-11H2,1-2H3,(H,19,22). The smallest absolute Gasteiger partial charge is 0.264 e. The number of rotatable bonds is 3. The van der Waals surface area contributed by atoms with Crippen LogP contribution in [0.15, 0.2) is 6.07 Å². The Morgan fingerprint density at radius 2 is 2.04 bits per heavy atom. The number of hydrogen-bond acceptors (Lipinski definition) is 4. The van der Waals surface area contributed by atoms with E-state index in [1.165, 1.54) is 10.4 Å². The van der Waals surface area contributed by atoms with Gasteiger partial charge in [-0.3, -0.25) is 14.5 Å². The van der Waals surface area contributed by atoms with Crippen LogP contribution >= 0.6 is 11.3 Å². The minimum absolute atomic E-state index is 0.0135. The zero-order valence-electron chi connectivity index (χ0n) is 14.6. The molecule has 1 N–H and O–H groups in total. The number of piperazine rings is 1. The highest BCUT2D eigenvalue weighted by atomic mass is 32.1. The Morgan fingerprint density at radius 1 is 1.29 bits per heavy atom. The third-order valence-corrected chi connectivity index (χ3v) is 6.47. The summed E-state index contributed by atoms with van der Waals surface area (Å²) in [6.45, 7) is 8.00. The fourth-order valence-electron chi connectivity index (χ4n) is 3.64. The first-order valence-corrected chi connectivity index (χ1v) is 9.82. The SMILES string of the molecule is CCc1sc(C(=O)N2CCN(C3CCCCNC3=O)CC2)cc1C. The summed E-state index contributed by atoms with van der Waals surface area (Å²) >= 11 is 1.62. The number of nitrogens with one attached hydrogen (secondary N) is 1. The monoisotopic (exact) mass is 349 g/mol. The molecule has 0 aliphatic carbocycles. The van der Waals surface area contributed by atoms with Crippen molar-refractivity contribution in [1.29, 1.82) is 0 Å². The topological polar surface area (TPSA) is 52.7 Å². The molecule has 1 aromatic heterocycles. The van der Waals surface area contributed by atoms with E-state index < -0.39 is 0 Å². The number of thiophene rings is 1. The van der Waals surface area contributed by atoms with Crippen LogP contribution < -0.4 is 5.32 Å². The third-order valence-electron chi connectivity index (χ3n) is 5.10. The van der Waals surface area contributed by atoms with Crippen LogP contribution in [0.4, 0.5) is 0 Å². The maximum atomic E-state index is 12.7. The summed E-state index contributed by atoms with van der Waals surface area (Å²) in [5, 5.41) is 3.01. The molecule has 1 aromatic rings. The lowest BCUT2D eigenvalue weighted by Crippen LogP contribution is -2.55. The first-order chi connectivity index (χ1) is 11.6. The molecule has 6 heteroatoms. The second-order valence-electron chi connectivity index (χ2n) is 6.70. The van der Waals surface area contributed by atoms with Gasteiger partial charge in [0.2, 0.25) is 5.91 Å². The van der Waals surface area contributed by atoms with Gasteiger partial charge in [-0.15, -0.1) is 11.3 Å². The van der Waals surface area contributed by atoms with Crippen LogP contribution in [0.1, 0.15) is 46.3 Å². The molecule has 0 aromatic carbocycles. The Labute approximate surface area is 148 Å². The maximum Gasteiger partial charge on any atom is 0.264 e. The molecule has 0 radical (unpaired) electrons. The van der Waals surface area contributed by atoms with Crippen molar-refractivity contribution in [2.45, 2.75) is 45.6 Å². The average molecular weight is 350 g/mol. The molecule has 2 saturated heterocycles. The predicted octanol–water partition coefficient (Wildman–Crippen LogP) is 2.05. The summed E-state index contributed by atoms with van der Waals surface area (Å²) in [5.41, 5.74) is 1.22. The van der Waals surface area contributed by atoms with Crippen molar-refractivity contribution >= 4 is 23.2 Å². The molecular weight excluding hydrogens is 322 g/mol. The normalized spacial score (nSPS) is 23.0. The largest absolute Gasteiger partial charge is 0.355 e. The van der Waals surface area contributed by atoms with Crippen LogP contribution in [-0.4, -0.2) is 60.4 Å². The number of aryl methyl sites for hydroxylation is 2. The van der Waals surface area contributed by atoms with Gasteiger partial charge in [-0.2, -0.15) is 0 Å². The fourth-order valence-corrected chi connectivity index (χ4v) is 4.72. The van der Waals surface area contributed by atoms with Crippen molar-refractivity contribution in [2.75, 3.05) is 32.7 Å². The van der Waals surface area contributed by atoms with Gasteiger partial charge in [0.25, 0.3) is 5.91 Å². The number of carbonyl (C=O) groups is 2. The quantitative estimate of drug-likeness (QED) is 0.909. The lowest BCUT2D eigenvalue weighted by molar-refractivity contribution is -0.126. The molecule has 2 aliphatic heterocycles. The second-order valence-corrected chi connectivity index (χ2v) is 7.84. The van der Waals surface area contributed by atoms with Crippen molar-refractivity contribution in [3.8, 4) is 0 Å². The van der Waals surface area contributed by atoms with Crippen LogP contribution in [-0.2, 0) is 11.2 Å². The molecule has 3 heterocycles. The molecule has 0 spiro atoms. The lowest BCUT2D eigenvalue weighted by atomic mass is 10.1. The van der Waals surface area contributed by atoms with Crippen molar-refractivity contribution in [2.24, 2.45) is 0 Å². The predicted molar refractivity (Wildman–Crippen MR) is 96.6 cm³/mol. The van der Waals surface area contributed by atoms with Crippen molar-refractivity contribution in [1.82, 2.24) is 15.1 Å². The summed E-state index contributed by atoms with van der Waals surface area (Å²) in [6, 6.07) is 2.01. The van der Waals surface area contributed by atoms with Crippen LogP contribution in [0.25, 0.3) is 0 Å². The molecule has 2 amide bonds.